The quantitative estimate of drug-likeness (QED) is 0.854. The van der Waals surface area contributed by atoms with Gasteiger partial charge in [-0.05, 0) is 31.0 Å². The van der Waals surface area contributed by atoms with Gasteiger partial charge in [-0.1, -0.05) is 19.3 Å². The summed E-state index contributed by atoms with van der Waals surface area (Å²) in [5, 5.41) is 4.57. The van der Waals surface area contributed by atoms with Crippen LogP contribution in [-0.2, 0) is 0 Å². The molecule has 0 unspecified atom stereocenters. The number of nitrogen functional groups attached to an aromatic ring is 1. The van der Waals surface area contributed by atoms with Crippen LogP contribution in [0.3, 0.4) is 0 Å². The number of pyridine rings is 1. The van der Waals surface area contributed by atoms with Crippen molar-refractivity contribution in [3.05, 3.63) is 30.1 Å². The summed E-state index contributed by atoms with van der Waals surface area (Å²) >= 11 is 0. The molecular formula is C17H21N3O2. The number of hydrogen-bond acceptors (Lipinski definition) is 4. The number of fused-ring (bicyclic) bond motifs is 1. The van der Waals surface area contributed by atoms with Gasteiger partial charge in [-0.2, -0.15) is 0 Å². The zero-order valence-corrected chi connectivity index (χ0v) is 12.8. The van der Waals surface area contributed by atoms with Crippen molar-refractivity contribution in [1.29, 1.82) is 0 Å². The van der Waals surface area contributed by atoms with E-state index in [9.17, 15) is 4.79 Å². The van der Waals surface area contributed by atoms with Crippen LogP contribution in [0.2, 0.25) is 0 Å². The van der Waals surface area contributed by atoms with Gasteiger partial charge in [0.2, 0.25) is 0 Å². The minimum atomic E-state index is -0.155. The Morgan fingerprint density at radius 1 is 1.27 bits per heavy atom. The molecule has 116 valence electrons. The molecule has 3 N–H and O–H groups in total. The zero-order chi connectivity index (χ0) is 15.5. The van der Waals surface area contributed by atoms with E-state index in [4.69, 9.17) is 10.5 Å². The number of rotatable bonds is 3. The predicted molar refractivity (Wildman–Crippen MR) is 87.0 cm³/mol. The van der Waals surface area contributed by atoms with Crippen molar-refractivity contribution < 1.29 is 9.53 Å². The van der Waals surface area contributed by atoms with E-state index in [0.29, 0.717) is 22.5 Å². The molecule has 0 spiro atoms. The first-order valence-corrected chi connectivity index (χ1v) is 7.72. The number of methoxy groups -OCH3 is 1. The lowest BCUT2D eigenvalue weighted by Gasteiger charge is -2.23. The van der Waals surface area contributed by atoms with E-state index in [1.807, 2.05) is 6.07 Å². The van der Waals surface area contributed by atoms with Gasteiger partial charge in [-0.15, -0.1) is 0 Å². The lowest BCUT2D eigenvalue weighted by atomic mass is 9.95. The molecule has 1 heterocycles. The van der Waals surface area contributed by atoms with Gasteiger partial charge < -0.3 is 15.8 Å². The van der Waals surface area contributed by atoms with Crippen LogP contribution in [0.15, 0.2) is 24.4 Å². The molecule has 22 heavy (non-hydrogen) atoms. The molecule has 1 saturated carbocycles. The Morgan fingerprint density at radius 2 is 2.05 bits per heavy atom. The van der Waals surface area contributed by atoms with Gasteiger partial charge in [0.25, 0.3) is 5.91 Å². The molecule has 5 nitrogen and oxygen atoms in total. The Labute approximate surface area is 129 Å². The van der Waals surface area contributed by atoms with Crippen LogP contribution >= 0.6 is 0 Å². The average Bonchev–Trinajstić information content (AvgIpc) is 2.56. The van der Waals surface area contributed by atoms with Crippen LogP contribution in [0, 0.1) is 0 Å². The normalized spacial score (nSPS) is 15.7. The zero-order valence-electron chi connectivity index (χ0n) is 12.8. The molecule has 1 aliphatic rings. The molecule has 1 aromatic carbocycles. The number of carbonyl (C=O) groups excluding carboxylic acids is 1. The van der Waals surface area contributed by atoms with Crippen molar-refractivity contribution in [2.24, 2.45) is 0 Å². The molecule has 0 atom stereocenters. The van der Waals surface area contributed by atoms with Crippen LogP contribution in [0.1, 0.15) is 42.6 Å². The van der Waals surface area contributed by atoms with Crippen LogP contribution in [0.5, 0.6) is 5.75 Å². The lowest BCUT2D eigenvalue weighted by molar-refractivity contribution is 0.0924. The SMILES string of the molecule is COc1ccc(N)c2c(C(=O)NC3CCCCC3)nccc12. The van der Waals surface area contributed by atoms with Crippen molar-refractivity contribution in [3.63, 3.8) is 0 Å². The van der Waals surface area contributed by atoms with Gasteiger partial charge in [0, 0.05) is 28.7 Å². The molecule has 2 aromatic rings. The van der Waals surface area contributed by atoms with E-state index in [0.717, 1.165) is 18.2 Å². The van der Waals surface area contributed by atoms with Gasteiger partial charge in [-0.25, -0.2) is 0 Å². The second-order valence-corrected chi connectivity index (χ2v) is 5.75. The number of nitrogens with one attached hydrogen (secondary N) is 1. The minimum absolute atomic E-state index is 0.155. The van der Waals surface area contributed by atoms with Crippen molar-refractivity contribution in [2.45, 2.75) is 38.1 Å². The smallest absolute Gasteiger partial charge is 0.270 e. The summed E-state index contributed by atoms with van der Waals surface area (Å²) in [7, 11) is 1.60. The number of anilines is 1. The Hall–Kier alpha value is -2.30. The van der Waals surface area contributed by atoms with E-state index >= 15 is 0 Å². The summed E-state index contributed by atoms with van der Waals surface area (Å²) in [5.74, 6) is 0.538. The first-order valence-electron chi connectivity index (χ1n) is 7.72. The average molecular weight is 299 g/mol. The van der Waals surface area contributed by atoms with Crippen molar-refractivity contribution in [3.8, 4) is 5.75 Å². The number of benzene rings is 1. The fourth-order valence-electron chi connectivity index (χ4n) is 3.15. The van der Waals surface area contributed by atoms with E-state index in [-0.39, 0.29) is 11.9 Å². The summed E-state index contributed by atoms with van der Waals surface area (Å²) in [6.07, 6.45) is 7.29. The minimum Gasteiger partial charge on any atom is -0.496 e. The molecule has 1 aliphatic carbocycles. The summed E-state index contributed by atoms with van der Waals surface area (Å²) in [6.45, 7) is 0. The molecule has 1 fully saturated rings. The molecule has 1 amide bonds. The fraction of sp³-hybridized carbons (Fsp3) is 0.412. The first kappa shape index (κ1) is 14.6. The molecule has 3 rings (SSSR count). The number of carbonyl (C=O) groups is 1. The van der Waals surface area contributed by atoms with E-state index in [1.54, 1.807) is 25.4 Å². The van der Waals surface area contributed by atoms with Crippen molar-refractivity contribution in [1.82, 2.24) is 10.3 Å². The molecule has 5 heteroatoms. The lowest BCUT2D eigenvalue weighted by Crippen LogP contribution is -2.36. The molecule has 0 radical (unpaired) electrons. The van der Waals surface area contributed by atoms with Crippen LogP contribution < -0.4 is 15.8 Å². The largest absolute Gasteiger partial charge is 0.496 e. The number of ether oxygens (including phenoxy) is 1. The van der Waals surface area contributed by atoms with Crippen LogP contribution in [0.4, 0.5) is 5.69 Å². The maximum Gasteiger partial charge on any atom is 0.270 e. The topological polar surface area (TPSA) is 77.2 Å². The summed E-state index contributed by atoms with van der Waals surface area (Å²) in [5.41, 5.74) is 6.99. The van der Waals surface area contributed by atoms with Gasteiger partial charge in [-0.3, -0.25) is 9.78 Å². The Bertz CT molecular complexity index is 694. The second kappa shape index (κ2) is 6.22. The third kappa shape index (κ3) is 2.71. The molecule has 0 saturated heterocycles. The van der Waals surface area contributed by atoms with Gasteiger partial charge in [0.05, 0.1) is 7.11 Å². The third-order valence-electron chi connectivity index (χ3n) is 4.29. The highest BCUT2D eigenvalue weighted by molar-refractivity contribution is 6.11. The Morgan fingerprint density at radius 3 is 2.77 bits per heavy atom. The second-order valence-electron chi connectivity index (χ2n) is 5.75. The fourth-order valence-corrected chi connectivity index (χ4v) is 3.15. The highest BCUT2D eigenvalue weighted by Crippen LogP contribution is 2.31. The maximum absolute atomic E-state index is 12.6. The monoisotopic (exact) mass is 299 g/mol. The van der Waals surface area contributed by atoms with Gasteiger partial charge >= 0.3 is 0 Å². The summed E-state index contributed by atoms with van der Waals surface area (Å²) < 4.78 is 5.35. The van der Waals surface area contributed by atoms with Crippen LogP contribution in [-0.4, -0.2) is 24.0 Å². The number of nitrogens with zero attached hydrogens (tertiary/aromatic N) is 1. The third-order valence-corrected chi connectivity index (χ3v) is 4.29. The van der Waals surface area contributed by atoms with Gasteiger partial charge in [0.1, 0.15) is 11.4 Å². The number of amides is 1. The number of aromatic nitrogens is 1. The Kier molecular flexibility index (Phi) is 4.13. The number of hydrogen-bond donors (Lipinski definition) is 2. The predicted octanol–water partition coefficient (Wildman–Crippen LogP) is 2.89. The molecule has 1 aromatic heterocycles. The van der Waals surface area contributed by atoms with Crippen LogP contribution in [0.25, 0.3) is 10.8 Å². The number of nitrogens with two attached hydrogens (primary N) is 1. The highest BCUT2D eigenvalue weighted by atomic mass is 16.5. The summed E-state index contributed by atoms with van der Waals surface area (Å²) in [4.78, 5) is 16.9. The molecular weight excluding hydrogens is 278 g/mol. The maximum atomic E-state index is 12.6. The molecule has 0 aliphatic heterocycles. The van der Waals surface area contributed by atoms with Crippen molar-refractivity contribution in [2.75, 3.05) is 12.8 Å². The first-order chi connectivity index (χ1) is 10.7. The Balaban J connectivity index is 1.97. The summed E-state index contributed by atoms with van der Waals surface area (Å²) in [6, 6.07) is 5.62. The highest BCUT2D eigenvalue weighted by Gasteiger charge is 2.20. The molecule has 0 bridgehead atoms. The van der Waals surface area contributed by atoms with E-state index in [1.165, 1.54) is 19.3 Å². The van der Waals surface area contributed by atoms with Crippen molar-refractivity contribution >= 4 is 22.4 Å². The standard InChI is InChI=1S/C17H21N3O2/c1-22-14-8-7-13(18)15-12(14)9-10-19-16(15)17(21)20-11-5-3-2-4-6-11/h7-11H,2-6,18H2,1H3,(H,20,21). The van der Waals surface area contributed by atoms with E-state index < -0.39 is 0 Å². The van der Waals surface area contributed by atoms with E-state index in [2.05, 4.69) is 10.3 Å². The van der Waals surface area contributed by atoms with Gasteiger partial charge in [0.15, 0.2) is 0 Å².